The Labute approximate surface area is 121 Å². The molecule has 6 heteroatoms. The van der Waals surface area contributed by atoms with Gasteiger partial charge in [0.1, 0.15) is 12.4 Å². The van der Waals surface area contributed by atoms with Crippen LogP contribution in [0.1, 0.15) is 18.3 Å². The second-order valence-corrected chi connectivity index (χ2v) is 5.65. The highest BCUT2D eigenvalue weighted by Crippen LogP contribution is 2.15. The van der Waals surface area contributed by atoms with Crippen LogP contribution in [0, 0.1) is 0 Å². The van der Waals surface area contributed by atoms with Gasteiger partial charge in [-0.1, -0.05) is 0 Å². The summed E-state index contributed by atoms with van der Waals surface area (Å²) in [7, 11) is 0. The molecule has 5 nitrogen and oxygen atoms in total. The van der Waals surface area contributed by atoms with E-state index >= 15 is 0 Å². The summed E-state index contributed by atoms with van der Waals surface area (Å²) in [6, 6.07) is 3.99. The van der Waals surface area contributed by atoms with E-state index in [2.05, 4.69) is 9.97 Å². The number of aromatic nitrogens is 3. The predicted molar refractivity (Wildman–Crippen MR) is 79.0 cm³/mol. The normalized spacial score (nSPS) is 12.7. The molecule has 0 aromatic carbocycles. The molecule has 3 aromatic rings. The first-order chi connectivity index (χ1) is 9.70. The van der Waals surface area contributed by atoms with Crippen LogP contribution in [0.3, 0.4) is 0 Å². The average molecular weight is 288 g/mol. The minimum absolute atomic E-state index is 0.118. The summed E-state index contributed by atoms with van der Waals surface area (Å²) in [5, 5.41) is 2.01. The standard InChI is InChI=1S/C14H16N4OS/c1-10(15)6-11-2-3-13(7-16-11)19-9-12-8-18-4-5-20-14(18)17-12/h2-5,7-8,10H,6,9,15H2,1H3. The molecule has 2 N–H and O–H groups in total. The smallest absolute Gasteiger partial charge is 0.193 e. The van der Waals surface area contributed by atoms with Gasteiger partial charge in [-0.15, -0.1) is 11.3 Å². The Bertz CT molecular complexity index is 658. The van der Waals surface area contributed by atoms with E-state index in [1.807, 2.05) is 41.2 Å². The van der Waals surface area contributed by atoms with Crippen molar-refractivity contribution in [2.24, 2.45) is 5.73 Å². The predicted octanol–water partition coefficient (Wildman–Crippen LogP) is 2.26. The molecule has 0 radical (unpaired) electrons. The quantitative estimate of drug-likeness (QED) is 0.782. The maximum atomic E-state index is 5.74. The third-order valence-electron chi connectivity index (χ3n) is 2.86. The summed E-state index contributed by atoms with van der Waals surface area (Å²) in [5.74, 6) is 0.745. The van der Waals surface area contributed by atoms with E-state index in [-0.39, 0.29) is 6.04 Å². The zero-order valence-corrected chi connectivity index (χ0v) is 12.0. The van der Waals surface area contributed by atoms with E-state index in [4.69, 9.17) is 10.5 Å². The first kappa shape index (κ1) is 13.1. The number of pyridine rings is 1. The molecule has 1 unspecified atom stereocenters. The zero-order valence-electron chi connectivity index (χ0n) is 11.2. The van der Waals surface area contributed by atoms with Gasteiger partial charge in [-0.3, -0.25) is 9.38 Å². The van der Waals surface area contributed by atoms with Crippen molar-refractivity contribution in [2.45, 2.75) is 26.0 Å². The second-order valence-electron chi connectivity index (χ2n) is 4.78. The molecule has 0 saturated carbocycles. The van der Waals surface area contributed by atoms with Crippen LogP contribution in [0.2, 0.25) is 0 Å². The fourth-order valence-corrected chi connectivity index (χ4v) is 2.67. The lowest BCUT2D eigenvalue weighted by Gasteiger charge is -2.06. The van der Waals surface area contributed by atoms with E-state index in [0.29, 0.717) is 6.61 Å². The average Bonchev–Trinajstić information content (AvgIpc) is 2.98. The van der Waals surface area contributed by atoms with Crippen LogP contribution in [0.5, 0.6) is 5.75 Å². The van der Waals surface area contributed by atoms with Crippen molar-refractivity contribution < 1.29 is 4.74 Å². The third-order valence-corrected chi connectivity index (χ3v) is 3.63. The number of nitrogens with zero attached hydrogens (tertiary/aromatic N) is 3. The molecule has 3 aromatic heterocycles. The Morgan fingerprint density at radius 3 is 3.00 bits per heavy atom. The van der Waals surface area contributed by atoms with E-state index in [0.717, 1.165) is 28.5 Å². The molecule has 0 aliphatic heterocycles. The molecular weight excluding hydrogens is 272 g/mol. The van der Waals surface area contributed by atoms with Crippen molar-refractivity contribution in [3.63, 3.8) is 0 Å². The number of nitrogens with two attached hydrogens (primary N) is 1. The van der Waals surface area contributed by atoms with E-state index in [1.165, 1.54) is 0 Å². The van der Waals surface area contributed by atoms with Gasteiger partial charge in [0.25, 0.3) is 0 Å². The van der Waals surface area contributed by atoms with E-state index < -0.39 is 0 Å². The molecule has 0 amide bonds. The van der Waals surface area contributed by atoms with Crippen LogP contribution in [0.4, 0.5) is 0 Å². The number of thiazole rings is 1. The van der Waals surface area contributed by atoms with Crippen LogP contribution in [-0.2, 0) is 13.0 Å². The lowest BCUT2D eigenvalue weighted by Crippen LogP contribution is -2.18. The molecule has 0 fully saturated rings. The molecule has 20 heavy (non-hydrogen) atoms. The highest BCUT2D eigenvalue weighted by atomic mass is 32.1. The number of rotatable bonds is 5. The summed E-state index contributed by atoms with van der Waals surface area (Å²) in [5.41, 5.74) is 7.64. The topological polar surface area (TPSA) is 65.4 Å². The van der Waals surface area contributed by atoms with Crippen molar-refractivity contribution in [2.75, 3.05) is 0 Å². The Morgan fingerprint density at radius 1 is 1.40 bits per heavy atom. The van der Waals surface area contributed by atoms with Gasteiger partial charge < -0.3 is 10.5 Å². The molecule has 0 aliphatic carbocycles. The molecule has 3 heterocycles. The molecule has 0 aliphatic rings. The van der Waals surface area contributed by atoms with Crippen LogP contribution in [0.25, 0.3) is 4.96 Å². The molecule has 104 valence electrons. The largest absolute Gasteiger partial charge is 0.486 e. The van der Waals surface area contributed by atoms with Crippen LogP contribution in [-0.4, -0.2) is 20.4 Å². The molecular formula is C14H16N4OS. The lowest BCUT2D eigenvalue weighted by molar-refractivity contribution is 0.300. The number of imidazole rings is 1. The van der Waals surface area contributed by atoms with Gasteiger partial charge in [-0.2, -0.15) is 0 Å². The zero-order chi connectivity index (χ0) is 13.9. The second kappa shape index (κ2) is 5.60. The summed E-state index contributed by atoms with van der Waals surface area (Å²) in [4.78, 5) is 9.78. The van der Waals surface area contributed by atoms with Gasteiger partial charge in [0.2, 0.25) is 0 Å². The van der Waals surface area contributed by atoms with Gasteiger partial charge in [-0.05, 0) is 19.1 Å². The monoisotopic (exact) mass is 288 g/mol. The molecule has 1 atom stereocenters. The summed E-state index contributed by atoms with van der Waals surface area (Å²) in [6.07, 6.45) is 6.47. The Morgan fingerprint density at radius 2 is 2.30 bits per heavy atom. The van der Waals surface area contributed by atoms with Crippen LogP contribution < -0.4 is 10.5 Å². The highest BCUT2D eigenvalue weighted by molar-refractivity contribution is 7.15. The number of hydrogen-bond acceptors (Lipinski definition) is 5. The van der Waals surface area contributed by atoms with Gasteiger partial charge >= 0.3 is 0 Å². The minimum Gasteiger partial charge on any atom is -0.486 e. The summed E-state index contributed by atoms with van der Waals surface area (Å²) in [6.45, 7) is 2.42. The van der Waals surface area contributed by atoms with Crippen molar-refractivity contribution in [1.82, 2.24) is 14.4 Å². The van der Waals surface area contributed by atoms with Crippen molar-refractivity contribution in [3.8, 4) is 5.75 Å². The fourth-order valence-electron chi connectivity index (χ4n) is 1.95. The van der Waals surface area contributed by atoms with Crippen molar-refractivity contribution >= 4 is 16.3 Å². The third kappa shape index (κ3) is 2.97. The molecule has 0 spiro atoms. The fraction of sp³-hybridized carbons (Fsp3) is 0.286. The first-order valence-corrected chi connectivity index (χ1v) is 7.33. The summed E-state index contributed by atoms with van der Waals surface area (Å²) >= 11 is 1.61. The number of fused-ring (bicyclic) bond motifs is 1. The van der Waals surface area contributed by atoms with Gasteiger partial charge in [0.05, 0.1) is 11.9 Å². The Balaban J connectivity index is 1.61. The first-order valence-electron chi connectivity index (χ1n) is 6.45. The van der Waals surface area contributed by atoms with E-state index in [1.54, 1.807) is 17.5 Å². The summed E-state index contributed by atoms with van der Waals surface area (Å²) < 4.78 is 7.68. The maximum Gasteiger partial charge on any atom is 0.193 e. The highest BCUT2D eigenvalue weighted by Gasteiger charge is 2.04. The van der Waals surface area contributed by atoms with Crippen LogP contribution >= 0.6 is 11.3 Å². The Kier molecular flexibility index (Phi) is 3.66. The molecule has 3 rings (SSSR count). The maximum absolute atomic E-state index is 5.74. The van der Waals surface area contributed by atoms with Crippen LogP contribution in [0.15, 0.2) is 36.1 Å². The Hall–Kier alpha value is -1.92. The minimum atomic E-state index is 0.118. The van der Waals surface area contributed by atoms with Crippen molar-refractivity contribution in [3.05, 3.63) is 47.5 Å². The SMILES string of the molecule is CC(N)Cc1ccc(OCc2cn3ccsc3n2)cn1. The van der Waals surface area contributed by atoms with Gasteiger partial charge in [-0.25, -0.2) is 4.98 Å². The lowest BCUT2D eigenvalue weighted by atomic mass is 10.2. The van der Waals surface area contributed by atoms with Gasteiger partial charge in [0.15, 0.2) is 4.96 Å². The van der Waals surface area contributed by atoms with Crippen molar-refractivity contribution in [1.29, 1.82) is 0 Å². The van der Waals surface area contributed by atoms with E-state index in [9.17, 15) is 0 Å². The van der Waals surface area contributed by atoms with Gasteiger partial charge in [0, 0.05) is 35.9 Å². The molecule has 0 saturated heterocycles. The number of hydrogen-bond donors (Lipinski definition) is 1. The molecule has 0 bridgehead atoms. The number of ether oxygens (including phenoxy) is 1.